The van der Waals surface area contributed by atoms with E-state index < -0.39 is 0 Å². The number of hydrogen-bond donors (Lipinski definition) is 2. The van der Waals surface area contributed by atoms with Crippen molar-refractivity contribution >= 4 is 16.8 Å². The molecule has 21 heavy (non-hydrogen) atoms. The first kappa shape index (κ1) is 13.3. The van der Waals surface area contributed by atoms with Crippen LogP contribution in [-0.4, -0.2) is 20.9 Å². The number of carbonyl (C=O) groups excluding carboxylic acids is 1. The van der Waals surface area contributed by atoms with Gasteiger partial charge in [0.2, 0.25) is 0 Å². The molecule has 0 fully saturated rings. The van der Waals surface area contributed by atoms with Crippen molar-refractivity contribution in [2.45, 2.75) is 20.4 Å². The van der Waals surface area contributed by atoms with Crippen LogP contribution >= 0.6 is 0 Å². The number of aromatic nitrogens is 3. The maximum atomic E-state index is 12.3. The summed E-state index contributed by atoms with van der Waals surface area (Å²) in [5.74, 6) is 0.588. The molecule has 106 valence electrons. The molecule has 0 aliphatic rings. The Morgan fingerprint density at radius 2 is 2.14 bits per heavy atom. The van der Waals surface area contributed by atoms with Crippen molar-refractivity contribution in [3.05, 3.63) is 59.3 Å². The highest BCUT2D eigenvalue weighted by atomic mass is 16.1. The predicted octanol–water partition coefficient (Wildman–Crippen LogP) is 2.50. The Bertz CT molecular complexity index is 793. The maximum absolute atomic E-state index is 12.3. The first-order valence-corrected chi connectivity index (χ1v) is 6.78. The third kappa shape index (κ3) is 2.76. The van der Waals surface area contributed by atoms with E-state index in [2.05, 4.69) is 20.3 Å². The summed E-state index contributed by atoms with van der Waals surface area (Å²) in [7, 11) is 0. The van der Waals surface area contributed by atoms with Crippen LogP contribution in [0.4, 0.5) is 0 Å². The van der Waals surface area contributed by atoms with Gasteiger partial charge in [-0.2, -0.15) is 0 Å². The van der Waals surface area contributed by atoms with Crippen molar-refractivity contribution in [1.29, 1.82) is 0 Å². The molecule has 0 aliphatic carbocycles. The largest absolute Gasteiger partial charge is 0.347 e. The molecule has 0 aliphatic heterocycles. The van der Waals surface area contributed by atoms with Gasteiger partial charge in [0.05, 0.1) is 23.3 Å². The number of imidazole rings is 1. The molecule has 5 heteroatoms. The highest BCUT2D eigenvalue weighted by molar-refractivity contribution is 5.98. The quantitative estimate of drug-likeness (QED) is 0.774. The number of H-pyrrole nitrogens is 1. The lowest BCUT2D eigenvalue weighted by atomic mass is 10.1. The lowest BCUT2D eigenvalue weighted by Crippen LogP contribution is -2.24. The van der Waals surface area contributed by atoms with E-state index in [9.17, 15) is 4.79 Å². The normalized spacial score (nSPS) is 10.8. The van der Waals surface area contributed by atoms with Crippen LogP contribution in [-0.2, 0) is 6.54 Å². The molecule has 0 bridgehead atoms. The summed E-state index contributed by atoms with van der Waals surface area (Å²) in [5, 5.41) is 3.82. The summed E-state index contributed by atoms with van der Waals surface area (Å²) in [6, 6.07) is 7.92. The Morgan fingerprint density at radius 1 is 1.29 bits per heavy atom. The van der Waals surface area contributed by atoms with Gasteiger partial charge in [0.15, 0.2) is 0 Å². The van der Waals surface area contributed by atoms with Gasteiger partial charge < -0.3 is 10.3 Å². The van der Waals surface area contributed by atoms with Crippen molar-refractivity contribution < 1.29 is 4.79 Å². The molecule has 0 spiro atoms. The van der Waals surface area contributed by atoms with Crippen molar-refractivity contribution in [1.82, 2.24) is 20.3 Å². The van der Waals surface area contributed by atoms with Gasteiger partial charge in [-0.3, -0.25) is 9.78 Å². The van der Waals surface area contributed by atoms with Crippen molar-refractivity contribution in [3.63, 3.8) is 0 Å². The number of nitrogens with one attached hydrogen (secondary N) is 2. The second kappa shape index (κ2) is 5.36. The van der Waals surface area contributed by atoms with Crippen LogP contribution in [0, 0.1) is 13.8 Å². The number of fused-ring (bicyclic) bond motifs is 1. The molecule has 3 aromatic rings. The van der Waals surface area contributed by atoms with E-state index in [1.165, 1.54) is 0 Å². The lowest BCUT2D eigenvalue weighted by Gasteiger charge is -2.08. The molecular formula is C16H16N4O. The predicted molar refractivity (Wildman–Crippen MR) is 81.0 cm³/mol. The van der Waals surface area contributed by atoms with Crippen LogP contribution in [0.3, 0.4) is 0 Å². The van der Waals surface area contributed by atoms with Gasteiger partial charge >= 0.3 is 0 Å². The Labute approximate surface area is 122 Å². The average molecular weight is 280 g/mol. The number of nitrogens with zero attached hydrogens (tertiary/aromatic N) is 2. The summed E-state index contributed by atoms with van der Waals surface area (Å²) in [6.45, 7) is 4.24. The molecule has 0 radical (unpaired) electrons. The van der Waals surface area contributed by atoms with Crippen molar-refractivity contribution in [3.8, 4) is 0 Å². The van der Waals surface area contributed by atoms with Gasteiger partial charge in [0.1, 0.15) is 5.82 Å². The zero-order valence-corrected chi connectivity index (χ0v) is 12.0. The lowest BCUT2D eigenvalue weighted by molar-refractivity contribution is 0.0949. The van der Waals surface area contributed by atoms with Gasteiger partial charge in [-0.15, -0.1) is 0 Å². The van der Waals surface area contributed by atoms with Crippen LogP contribution in [0.15, 0.2) is 36.7 Å². The summed E-state index contributed by atoms with van der Waals surface area (Å²) < 4.78 is 0. The van der Waals surface area contributed by atoms with Crippen LogP contribution in [0.2, 0.25) is 0 Å². The third-order valence-corrected chi connectivity index (χ3v) is 3.38. The highest BCUT2D eigenvalue weighted by Crippen LogP contribution is 2.18. The molecule has 1 aromatic carbocycles. The molecule has 0 saturated carbocycles. The van der Waals surface area contributed by atoms with E-state index in [0.29, 0.717) is 12.1 Å². The van der Waals surface area contributed by atoms with E-state index >= 15 is 0 Å². The second-order valence-corrected chi connectivity index (χ2v) is 5.04. The Morgan fingerprint density at radius 3 is 2.90 bits per heavy atom. The van der Waals surface area contributed by atoms with E-state index in [1.54, 1.807) is 12.4 Å². The number of amides is 1. The number of hydrogen-bond acceptors (Lipinski definition) is 3. The average Bonchev–Trinajstić information content (AvgIpc) is 2.98. The van der Waals surface area contributed by atoms with E-state index in [1.807, 2.05) is 38.1 Å². The molecule has 0 atom stereocenters. The van der Waals surface area contributed by atoms with Gasteiger partial charge in [0.25, 0.3) is 5.91 Å². The van der Waals surface area contributed by atoms with Crippen molar-refractivity contribution in [2.75, 3.05) is 0 Å². The fourth-order valence-electron chi connectivity index (χ4n) is 2.28. The smallest absolute Gasteiger partial charge is 0.253 e. The first-order chi connectivity index (χ1) is 10.1. The van der Waals surface area contributed by atoms with E-state index in [-0.39, 0.29) is 5.91 Å². The Kier molecular flexibility index (Phi) is 3.39. The number of rotatable bonds is 3. The fourth-order valence-corrected chi connectivity index (χ4v) is 2.28. The Balaban J connectivity index is 1.88. The molecule has 0 unspecified atom stereocenters. The summed E-state index contributed by atoms with van der Waals surface area (Å²) in [5.41, 5.74) is 3.37. The minimum Gasteiger partial charge on any atom is -0.347 e. The van der Waals surface area contributed by atoms with Crippen LogP contribution in [0.1, 0.15) is 27.4 Å². The maximum Gasteiger partial charge on any atom is 0.253 e. The Hall–Kier alpha value is -2.69. The minimum atomic E-state index is -0.139. The van der Waals surface area contributed by atoms with Gasteiger partial charge in [0, 0.05) is 17.8 Å². The minimum absolute atomic E-state index is 0.139. The van der Waals surface area contributed by atoms with E-state index in [0.717, 1.165) is 28.0 Å². The molecular weight excluding hydrogens is 264 g/mol. The molecule has 2 heterocycles. The van der Waals surface area contributed by atoms with E-state index in [4.69, 9.17) is 0 Å². The topological polar surface area (TPSA) is 70.7 Å². The summed E-state index contributed by atoms with van der Waals surface area (Å²) in [4.78, 5) is 23.8. The molecule has 2 aromatic heterocycles. The fraction of sp³-hybridized carbons (Fsp3) is 0.188. The van der Waals surface area contributed by atoms with Crippen LogP contribution in [0.5, 0.6) is 0 Å². The molecule has 0 saturated heterocycles. The van der Waals surface area contributed by atoms with Crippen LogP contribution in [0.25, 0.3) is 10.9 Å². The van der Waals surface area contributed by atoms with Crippen LogP contribution < -0.4 is 5.32 Å². The number of pyridine rings is 1. The highest BCUT2D eigenvalue weighted by Gasteiger charge is 2.12. The number of aryl methyl sites for hydroxylation is 2. The molecule has 5 nitrogen and oxygen atoms in total. The third-order valence-electron chi connectivity index (χ3n) is 3.38. The zero-order chi connectivity index (χ0) is 14.8. The second-order valence-electron chi connectivity index (χ2n) is 5.04. The standard InChI is InChI=1S/C16H16N4O/c1-10-3-4-14-12(7-10)8-13(11(2)20-14)16(21)19-9-15-17-5-6-18-15/h3-8H,9H2,1-2H3,(H,17,18)(H,19,21). The van der Waals surface area contributed by atoms with Gasteiger partial charge in [-0.25, -0.2) is 4.98 Å². The number of carbonyl (C=O) groups is 1. The summed E-state index contributed by atoms with van der Waals surface area (Å²) >= 11 is 0. The molecule has 3 rings (SSSR count). The number of benzene rings is 1. The molecule has 1 amide bonds. The monoisotopic (exact) mass is 280 g/mol. The van der Waals surface area contributed by atoms with Crippen molar-refractivity contribution in [2.24, 2.45) is 0 Å². The number of aromatic amines is 1. The van der Waals surface area contributed by atoms with Gasteiger partial charge in [-0.05, 0) is 32.0 Å². The SMILES string of the molecule is Cc1ccc2nc(C)c(C(=O)NCc3ncc[nH]3)cc2c1. The van der Waals surface area contributed by atoms with Gasteiger partial charge in [-0.1, -0.05) is 11.6 Å². The summed E-state index contributed by atoms with van der Waals surface area (Å²) in [6.07, 6.45) is 3.39. The zero-order valence-electron chi connectivity index (χ0n) is 12.0. The molecule has 2 N–H and O–H groups in total. The first-order valence-electron chi connectivity index (χ1n) is 6.78.